The van der Waals surface area contributed by atoms with Crippen molar-refractivity contribution in [2.24, 2.45) is 0 Å². The summed E-state index contributed by atoms with van der Waals surface area (Å²) in [7, 11) is 0. The maximum Gasteiger partial charge on any atom is 0.419 e. The molecule has 4 nitrogen and oxygen atoms in total. The van der Waals surface area contributed by atoms with Gasteiger partial charge in [0.15, 0.2) is 11.5 Å². The number of aromatic nitrogens is 1. The molecule has 0 spiro atoms. The van der Waals surface area contributed by atoms with Gasteiger partial charge in [-0.05, 0) is 12.1 Å². The third kappa shape index (κ3) is 2.96. The largest absolute Gasteiger partial charge is 0.476 e. The standard InChI is InChI=1S/C13H5ClF6N2O2/c14-7-9(21)8(17)10(22-11(7)12(23)24)3-1-6(16)4(2-5(3)15)13(18,19)20/h1-2H,(H2,21,22)(H,23,24). The molecule has 0 saturated carbocycles. The van der Waals surface area contributed by atoms with E-state index < -0.39 is 62.8 Å². The van der Waals surface area contributed by atoms with Crippen LogP contribution in [0.2, 0.25) is 5.02 Å². The highest BCUT2D eigenvalue weighted by Gasteiger charge is 2.36. The normalized spacial score (nSPS) is 11.6. The molecule has 1 heterocycles. The van der Waals surface area contributed by atoms with Crippen molar-refractivity contribution in [2.45, 2.75) is 6.18 Å². The fraction of sp³-hybridized carbons (Fsp3) is 0.0769. The van der Waals surface area contributed by atoms with E-state index in [9.17, 15) is 31.1 Å². The predicted molar refractivity (Wildman–Crippen MR) is 70.9 cm³/mol. The highest BCUT2D eigenvalue weighted by Crippen LogP contribution is 2.37. The number of nitrogens with zero attached hydrogens (tertiary/aromatic N) is 1. The molecular formula is C13H5ClF6N2O2. The van der Waals surface area contributed by atoms with Crippen LogP contribution >= 0.6 is 11.6 Å². The number of carbonyl (C=O) groups is 1. The van der Waals surface area contributed by atoms with Crippen LogP contribution in [0.15, 0.2) is 12.1 Å². The molecule has 128 valence electrons. The minimum absolute atomic E-state index is 0.0442. The third-order valence-corrected chi connectivity index (χ3v) is 3.31. The van der Waals surface area contributed by atoms with Crippen LogP contribution in [0.5, 0.6) is 0 Å². The lowest BCUT2D eigenvalue weighted by Gasteiger charge is -2.13. The summed E-state index contributed by atoms with van der Waals surface area (Å²) < 4.78 is 79.1. The molecule has 3 N–H and O–H groups in total. The van der Waals surface area contributed by atoms with Crippen molar-refractivity contribution in [3.8, 4) is 11.3 Å². The van der Waals surface area contributed by atoms with Crippen molar-refractivity contribution in [3.05, 3.63) is 45.9 Å². The molecule has 1 aromatic heterocycles. The highest BCUT2D eigenvalue weighted by molar-refractivity contribution is 6.35. The van der Waals surface area contributed by atoms with Crippen LogP contribution in [0.1, 0.15) is 16.1 Å². The van der Waals surface area contributed by atoms with Gasteiger partial charge < -0.3 is 10.8 Å². The zero-order valence-corrected chi connectivity index (χ0v) is 11.9. The zero-order chi connectivity index (χ0) is 18.4. The van der Waals surface area contributed by atoms with Crippen molar-refractivity contribution in [3.63, 3.8) is 0 Å². The van der Waals surface area contributed by atoms with Crippen molar-refractivity contribution in [2.75, 3.05) is 5.73 Å². The molecule has 0 atom stereocenters. The van der Waals surface area contributed by atoms with E-state index in [-0.39, 0.29) is 12.1 Å². The predicted octanol–water partition coefficient (Wildman–Crippen LogP) is 4.12. The summed E-state index contributed by atoms with van der Waals surface area (Å²) in [5.41, 5.74) is -0.680. The van der Waals surface area contributed by atoms with Gasteiger partial charge in [-0.1, -0.05) is 11.6 Å². The molecule has 2 aromatic rings. The summed E-state index contributed by atoms with van der Waals surface area (Å²) in [6, 6.07) is -0.153. The molecule has 0 unspecified atom stereocenters. The molecular weight excluding hydrogens is 366 g/mol. The van der Waals surface area contributed by atoms with E-state index in [4.69, 9.17) is 22.4 Å². The van der Waals surface area contributed by atoms with Gasteiger partial charge in [0.05, 0.1) is 16.3 Å². The average molecular weight is 371 g/mol. The molecule has 0 fully saturated rings. The van der Waals surface area contributed by atoms with Gasteiger partial charge in [0, 0.05) is 5.56 Å². The number of rotatable bonds is 2. The first-order chi connectivity index (χ1) is 10.9. The van der Waals surface area contributed by atoms with Gasteiger partial charge in [0.1, 0.15) is 17.3 Å². The first kappa shape index (κ1) is 17.9. The number of halogens is 7. The molecule has 11 heteroatoms. The van der Waals surface area contributed by atoms with Crippen molar-refractivity contribution < 1.29 is 36.2 Å². The summed E-state index contributed by atoms with van der Waals surface area (Å²) >= 11 is 5.48. The van der Waals surface area contributed by atoms with Crippen LogP contribution in [-0.2, 0) is 6.18 Å². The van der Waals surface area contributed by atoms with Gasteiger partial charge in [-0.3, -0.25) is 0 Å². The van der Waals surface area contributed by atoms with E-state index in [0.717, 1.165) is 0 Å². The average Bonchev–Trinajstić information content (AvgIpc) is 2.46. The topological polar surface area (TPSA) is 76.2 Å². The smallest absolute Gasteiger partial charge is 0.419 e. The monoisotopic (exact) mass is 370 g/mol. The lowest BCUT2D eigenvalue weighted by atomic mass is 10.0. The first-order valence-corrected chi connectivity index (χ1v) is 6.27. The number of aromatic carboxylic acids is 1. The molecule has 0 bridgehead atoms. The highest BCUT2D eigenvalue weighted by atomic mass is 35.5. The number of carboxylic acids is 1. The number of anilines is 1. The Balaban J connectivity index is 2.78. The Morgan fingerprint density at radius 2 is 1.75 bits per heavy atom. The van der Waals surface area contributed by atoms with Gasteiger partial charge in [0.2, 0.25) is 0 Å². The fourth-order valence-corrected chi connectivity index (χ4v) is 2.03. The minimum Gasteiger partial charge on any atom is -0.476 e. The Morgan fingerprint density at radius 3 is 2.25 bits per heavy atom. The van der Waals surface area contributed by atoms with Crippen LogP contribution in [0.3, 0.4) is 0 Å². The Labute approximate surface area is 134 Å². The summed E-state index contributed by atoms with van der Waals surface area (Å²) in [6.45, 7) is 0. The molecule has 1 aromatic carbocycles. The van der Waals surface area contributed by atoms with E-state index in [1.54, 1.807) is 0 Å². The van der Waals surface area contributed by atoms with E-state index >= 15 is 0 Å². The molecule has 24 heavy (non-hydrogen) atoms. The Morgan fingerprint density at radius 1 is 1.17 bits per heavy atom. The van der Waals surface area contributed by atoms with Crippen LogP contribution in [0, 0.1) is 17.5 Å². The van der Waals surface area contributed by atoms with Crippen LogP contribution in [0.25, 0.3) is 11.3 Å². The van der Waals surface area contributed by atoms with Gasteiger partial charge in [0.25, 0.3) is 0 Å². The van der Waals surface area contributed by atoms with Crippen molar-refractivity contribution in [1.29, 1.82) is 0 Å². The van der Waals surface area contributed by atoms with Gasteiger partial charge in [-0.2, -0.15) is 13.2 Å². The maximum absolute atomic E-state index is 14.1. The summed E-state index contributed by atoms with van der Waals surface area (Å²) in [6.07, 6.45) is -5.18. The number of hydrogen-bond acceptors (Lipinski definition) is 3. The van der Waals surface area contributed by atoms with E-state index in [1.807, 2.05) is 0 Å². The van der Waals surface area contributed by atoms with Crippen LogP contribution in [0.4, 0.5) is 32.0 Å². The lowest BCUT2D eigenvalue weighted by Crippen LogP contribution is -2.11. The third-order valence-electron chi connectivity index (χ3n) is 2.93. The minimum atomic E-state index is -5.18. The number of alkyl halides is 3. The first-order valence-electron chi connectivity index (χ1n) is 5.89. The fourth-order valence-electron chi connectivity index (χ4n) is 1.83. The molecule has 0 aliphatic carbocycles. The number of nitrogen functional groups attached to an aromatic ring is 1. The van der Waals surface area contributed by atoms with Crippen molar-refractivity contribution in [1.82, 2.24) is 4.98 Å². The Hall–Kier alpha value is -2.49. The number of pyridine rings is 1. The molecule has 0 amide bonds. The van der Waals surface area contributed by atoms with E-state index in [2.05, 4.69) is 4.98 Å². The van der Waals surface area contributed by atoms with E-state index in [0.29, 0.717) is 0 Å². The van der Waals surface area contributed by atoms with Crippen molar-refractivity contribution >= 4 is 23.3 Å². The molecule has 0 aliphatic heterocycles. The summed E-state index contributed by atoms with van der Waals surface area (Å²) in [4.78, 5) is 14.2. The van der Waals surface area contributed by atoms with Gasteiger partial charge in [-0.15, -0.1) is 0 Å². The number of hydrogen-bond donors (Lipinski definition) is 2. The van der Waals surface area contributed by atoms with Gasteiger partial charge >= 0.3 is 12.1 Å². The molecule has 2 rings (SSSR count). The number of carboxylic acid groups (broad SMARTS) is 1. The lowest BCUT2D eigenvalue weighted by molar-refractivity contribution is -0.140. The number of benzene rings is 1. The number of nitrogens with two attached hydrogens (primary N) is 1. The van der Waals surface area contributed by atoms with E-state index in [1.165, 1.54) is 0 Å². The van der Waals surface area contributed by atoms with Crippen LogP contribution < -0.4 is 5.73 Å². The second kappa shape index (κ2) is 5.86. The second-order valence-electron chi connectivity index (χ2n) is 4.47. The molecule has 0 aliphatic rings. The Kier molecular flexibility index (Phi) is 4.36. The summed E-state index contributed by atoms with van der Waals surface area (Å²) in [5, 5.41) is 8.10. The Bertz CT molecular complexity index is 854. The quantitative estimate of drug-likeness (QED) is 0.780. The van der Waals surface area contributed by atoms with Crippen LogP contribution in [-0.4, -0.2) is 16.1 Å². The van der Waals surface area contributed by atoms with Gasteiger partial charge in [-0.25, -0.2) is 22.9 Å². The summed E-state index contributed by atoms with van der Waals surface area (Å²) in [5.74, 6) is -6.82. The SMILES string of the molecule is Nc1c(F)c(-c2cc(F)c(C(F)(F)F)cc2F)nc(C(=O)O)c1Cl. The molecule has 0 radical (unpaired) electrons. The second-order valence-corrected chi connectivity index (χ2v) is 4.84. The zero-order valence-electron chi connectivity index (χ0n) is 11.2. The maximum atomic E-state index is 14.1. The molecule has 0 saturated heterocycles.